The van der Waals surface area contributed by atoms with Crippen molar-refractivity contribution in [3.63, 3.8) is 0 Å². The van der Waals surface area contributed by atoms with Crippen LogP contribution < -0.4 is 9.64 Å². The van der Waals surface area contributed by atoms with Crippen molar-refractivity contribution >= 4 is 45.7 Å². The van der Waals surface area contributed by atoms with Crippen LogP contribution in [-0.2, 0) is 15.3 Å². The van der Waals surface area contributed by atoms with Crippen molar-refractivity contribution < 1.29 is 19.4 Å². The zero-order valence-electron chi connectivity index (χ0n) is 21.5. The van der Waals surface area contributed by atoms with Crippen LogP contribution in [0.25, 0.3) is 5.76 Å². The third-order valence-corrected chi connectivity index (χ3v) is 8.35. The summed E-state index contributed by atoms with van der Waals surface area (Å²) in [5, 5.41) is 20.2. The molecule has 0 saturated carbocycles. The number of aliphatic hydroxyl groups is 1. The number of thioether (sulfide) groups is 1. The van der Waals surface area contributed by atoms with Crippen molar-refractivity contribution in [2.45, 2.75) is 36.4 Å². The quantitative estimate of drug-likeness (QED) is 0.0820. The van der Waals surface area contributed by atoms with Crippen molar-refractivity contribution in [3.8, 4) is 5.75 Å². The largest absolute Gasteiger partial charge is 0.507 e. The van der Waals surface area contributed by atoms with Crippen molar-refractivity contribution in [3.05, 3.63) is 107 Å². The monoisotopic (exact) mass is 557 g/mol. The molecule has 1 aliphatic rings. The number of nitrogens with zero attached hydrogens (tertiary/aromatic N) is 3. The first-order chi connectivity index (χ1) is 19.0. The van der Waals surface area contributed by atoms with E-state index in [-0.39, 0.29) is 11.3 Å². The number of amides is 1. The van der Waals surface area contributed by atoms with Crippen molar-refractivity contribution in [2.24, 2.45) is 0 Å². The number of ketones is 1. The summed E-state index contributed by atoms with van der Waals surface area (Å²) in [5.41, 5.74) is 3.24. The van der Waals surface area contributed by atoms with Gasteiger partial charge in [0.05, 0.1) is 18.2 Å². The first kappa shape index (κ1) is 26.6. The van der Waals surface area contributed by atoms with E-state index in [1.54, 1.807) is 18.2 Å². The fourth-order valence-electron chi connectivity index (χ4n) is 4.28. The van der Waals surface area contributed by atoms with Gasteiger partial charge in [0.25, 0.3) is 5.78 Å². The van der Waals surface area contributed by atoms with Crippen molar-refractivity contribution in [2.75, 3.05) is 11.5 Å². The molecular formula is C30H27N3O4S2. The van der Waals surface area contributed by atoms with E-state index in [9.17, 15) is 14.7 Å². The molecule has 2 heterocycles. The molecule has 1 aromatic heterocycles. The molecular weight excluding hydrogens is 530 g/mol. The van der Waals surface area contributed by atoms with Gasteiger partial charge < -0.3 is 9.84 Å². The molecule has 1 aliphatic heterocycles. The fourth-order valence-corrected chi connectivity index (χ4v) is 6.11. The van der Waals surface area contributed by atoms with E-state index in [2.05, 4.69) is 10.2 Å². The Morgan fingerprint density at radius 3 is 2.54 bits per heavy atom. The van der Waals surface area contributed by atoms with Gasteiger partial charge in [-0.1, -0.05) is 102 Å². The van der Waals surface area contributed by atoms with Gasteiger partial charge in [-0.05, 0) is 36.6 Å². The molecule has 198 valence electrons. The lowest BCUT2D eigenvalue weighted by atomic mass is 9.95. The molecule has 1 saturated heterocycles. The highest BCUT2D eigenvalue weighted by Crippen LogP contribution is 2.44. The van der Waals surface area contributed by atoms with Gasteiger partial charge >= 0.3 is 5.91 Å². The average molecular weight is 558 g/mol. The molecule has 1 atom stereocenters. The third-order valence-electron chi connectivity index (χ3n) is 6.22. The van der Waals surface area contributed by atoms with Gasteiger partial charge in [-0.2, -0.15) is 0 Å². The topological polar surface area (TPSA) is 92.6 Å². The molecule has 0 aliphatic carbocycles. The standard InChI is InChI=1S/C30H27N3O4S2/c1-3-16-37-23-11-7-10-22(17-23)25-24(26(34)21-14-12-19(2)13-15-21)27(35)28(36)33(25)29-31-32-30(39-29)38-18-20-8-5-4-6-9-20/h4-15,17,25,34H,3,16,18H2,1-2H3. The Hall–Kier alpha value is -3.95. The van der Waals surface area contributed by atoms with E-state index >= 15 is 0 Å². The molecule has 1 amide bonds. The van der Waals surface area contributed by atoms with Crippen LogP contribution in [0.4, 0.5) is 5.13 Å². The fraction of sp³-hybridized carbons (Fsp3) is 0.200. The summed E-state index contributed by atoms with van der Waals surface area (Å²) in [4.78, 5) is 28.2. The van der Waals surface area contributed by atoms with Crippen molar-refractivity contribution in [1.82, 2.24) is 10.2 Å². The van der Waals surface area contributed by atoms with Crippen LogP contribution in [0.5, 0.6) is 5.75 Å². The molecule has 39 heavy (non-hydrogen) atoms. The highest BCUT2D eigenvalue weighted by atomic mass is 32.2. The summed E-state index contributed by atoms with van der Waals surface area (Å²) in [6.45, 7) is 4.49. The molecule has 0 spiro atoms. The third kappa shape index (κ3) is 5.74. The maximum absolute atomic E-state index is 13.5. The molecule has 1 fully saturated rings. The van der Waals surface area contributed by atoms with E-state index in [1.807, 2.05) is 74.5 Å². The van der Waals surface area contributed by atoms with Gasteiger partial charge in [0.15, 0.2) is 4.34 Å². The first-order valence-electron chi connectivity index (χ1n) is 12.6. The highest BCUT2D eigenvalue weighted by Gasteiger charge is 2.48. The molecule has 7 nitrogen and oxygen atoms in total. The van der Waals surface area contributed by atoms with Gasteiger partial charge in [-0.15, -0.1) is 10.2 Å². The molecule has 9 heteroatoms. The van der Waals surface area contributed by atoms with E-state index in [0.29, 0.717) is 38.7 Å². The predicted octanol–water partition coefficient (Wildman–Crippen LogP) is 6.55. The molecule has 4 aromatic rings. The van der Waals surface area contributed by atoms with Crippen LogP contribution in [0.15, 0.2) is 88.8 Å². The van der Waals surface area contributed by atoms with Crippen LogP contribution in [0.1, 0.15) is 41.6 Å². The smallest absolute Gasteiger partial charge is 0.301 e. The summed E-state index contributed by atoms with van der Waals surface area (Å²) in [5.74, 6) is -0.450. The number of aryl methyl sites for hydroxylation is 1. The highest BCUT2D eigenvalue weighted by molar-refractivity contribution is 8.00. The van der Waals surface area contributed by atoms with Crippen molar-refractivity contribution in [1.29, 1.82) is 0 Å². The number of carbonyl (C=O) groups is 2. The maximum Gasteiger partial charge on any atom is 0.301 e. The Morgan fingerprint density at radius 1 is 1.03 bits per heavy atom. The number of Topliss-reactive ketones (excluding diaryl/α,β-unsaturated/α-hetero) is 1. The summed E-state index contributed by atoms with van der Waals surface area (Å²) < 4.78 is 6.50. The van der Waals surface area contributed by atoms with E-state index in [4.69, 9.17) is 4.74 Å². The number of rotatable bonds is 9. The van der Waals surface area contributed by atoms with Crippen LogP contribution in [0.2, 0.25) is 0 Å². The Kier molecular flexibility index (Phi) is 8.09. The number of aromatic nitrogens is 2. The Morgan fingerprint density at radius 2 is 1.79 bits per heavy atom. The second kappa shape index (κ2) is 11.8. The molecule has 1 unspecified atom stereocenters. The number of anilines is 1. The minimum Gasteiger partial charge on any atom is -0.507 e. The van der Waals surface area contributed by atoms with E-state index < -0.39 is 17.7 Å². The van der Waals surface area contributed by atoms with Gasteiger partial charge in [0.1, 0.15) is 11.5 Å². The molecule has 5 rings (SSSR count). The van der Waals surface area contributed by atoms with Gasteiger partial charge in [-0.3, -0.25) is 14.5 Å². The Balaban J connectivity index is 1.56. The van der Waals surface area contributed by atoms with Crippen LogP contribution in [-0.4, -0.2) is 33.6 Å². The maximum atomic E-state index is 13.5. The Labute approximate surface area is 235 Å². The normalized spacial score (nSPS) is 16.6. The SMILES string of the molecule is CCCOc1cccc(C2C(=C(O)c3ccc(C)cc3)C(=O)C(=O)N2c2nnc(SCc3ccccc3)s2)c1. The second-order valence-corrected chi connectivity index (χ2v) is 11.3. The van der Waals surface area contributed by atoms with E-state index in [1.165, 1.54) is 28.0 Å². The number of aliphatic hydroxyl groups excluding tert-OH is 1. The summed E-state index contributed by atoms with van der Waals surface area (Å²) >= 11 is 2.75. The first-order valence-corrected chi connectivity index (χ1v) is 14.4. The second-order valence-electron chi connectivity index (χ2n) is 9.08. The Bertz CT molecular complexity index is 1520. The summed E-state index contributed by atoms with van der Waals surface area (Å²) in [7, 11) is 0. The molecule has 0 radical (unpaired) electrons. The zero-order valence-corrected chi connectivity index (χ0v) is 23.2. The number of hydrogen-bond acceptors (Lipinski definition) is 8. The van der Waals surface area contributed by atoms with Gasteiger partial charge in [-0.25, -0.2) is 0 Å². The number of carbonyl (C=O) groups excluding carboxylic acids is 2. The van der Waals surface area contributed by atoms with Crippen LogP contribution >= 0.6 is 23.1 Å². The van der Waals surface area contributed by atoms with Gasteiger partial charge in [0, 0.05) is 11.3 Å². The predicted molar refractivity (Wildman–Crippen MR) is 154 cm³/mol. The van der Waals surface area contributed by atoms with Gasteiger partial charge in [0.2, 0.25) is 5.13 Å². The lowest BCUT2D eigenvalue weighted by Crippen LogP contribution is -2.29. The number of hydrogen-bond donors (Lipinski definition) is 1. The average Bonchev–Trinajstić information content (AvgIpc) is 3.53. The molecule has 3 aromatic carbocycles. The number of benzene rings is 3. The summed E-state index contributed by atoms with van der Waals surface area (Å²) in [6, 6.07) is 23.5. The van der Waals surface area contributed by atoms with E-state index in [0.717, 1.165) is 17.5 Å². The number of ether oxygens (including phenoxy) is 1. The summed E-state index contributed by atoms with van der Waals surface area (Å²) in [6.07, 6.45) is 0.838. The molecule has 1 N–H and O–H groups in total. The minimum absolute atomic E-state index is 0.00480. The minimum atomic E-state index is -0.892. The zero-order chi connectivity index (χ0) is 27.4. The van der Waals surface area contributed by atoms with Crippen LogP contribution in [0, 0.1) is 6.92 Å². The lowest BCUT2D eigenvalue weighted by Gasteiger charge is -2.23. The molecule has 0 bridgehead atoms. The van der Waals surface area contributed by atoms with Crippen LogP contribution in [0.3, 0.4) is 0 Å². The lowest BCUT2D eigenvalue weighted by molar-refractivity contribution is -0.132.